The van der Waals surface area contributed by atoms with Crippen LogP contribution in [0.2, 0.25) is 0 Å². The fourth-order valence-electron chi connectivity index (χ4n) is 3.07. The Bertz CT molecular complexity index is 928. The van der Waals surface area contributed by atoms with Crippen molar-refractivity contribution in [2.75, 3.05) is 0 Å². The molecule has 2 nitrogen and oxygen atoms in total. The lowest BCUT2D eigenvalue weighted by Gasteiger charge is -2.06. The number of rotatable bonds is 2. The van der Waals surface area contributed by atoms with Crippen molar-refractivity contribution >= 4 is 22.0 Å². The summed E-state index contributed by atoms with van der Waals surface area (Å²) in [5, 5.41) is 2.52. The zero-order chi connectivity index (χ0) is 14.4. The van der Waals surface area contributed by atoms with Gasteiger partial charge in [0.05, 0.1) is 17.4 Å². The van der Waals surface area contributed by atoms with Crippen LogP contribution in [0, 0.1) is 13.8 Å². The minimum absolute atomic E-state index is 0.831. The molecule has 0 bridgehead atoms. The number of hydrogen-bond acceptors (Lipinski definition) is 1. The van der Waals surface area contributed by atoms with Crippen LogP contribution >= 0.6 is 0 Å². The third kappa shape index (κ3) is 1.79. The molecular formula is C19H17NO. The van der Waals surface area contributed by atoms with Crippen molar-refractivity contribution in [1.29, 1.82) is 0 Å². The van der Waals surface area contributed by atoms with Crippen LogP contribution in [0.25, 0.3) is 22.0 Å². The molecule has 0 unspecified atom stereocenters. The van der Waals surface area contributed by atoms with Gasteiger partial charge >= 0.3 is 0 Å². The number of nitrogens with zero attached hydrogens (tertiary/aromatic N) is 1. The van der Waals surface area contributed by atoms with Crippen LogP contribution in [0.4, 0.5) is 0 Å². The maximum Gasteiger partial charge on any atom is 0.208 e. The summed E-state index contributed by atoms with van der Waals surface area (Å²) in [7, 11) is 0. The highest BCUT2D eigenvalue weighted by Crippen LogP contribution is 2.35. The molecule has 0 spiro atoms. The number of fused-ring (bicyclic) bond motifs is 3. The summed E-state index contributed by atoms with van der Waals surface area (Å²) >= 11 is 0. The Balaban J connectivity index is 2.03. The van der Waals surface area contributed by atoms with Gasteiger partial charge in [0.2, 0.25) is 5.71 Å². The normalized spacial score (nSPS) is 11.5. The molecule has 0 radical (unpaired) electrons. The number of hydrogen-bond donors (Lipinski definition) is 0. The predicted octanol–water partition coefficient (Wildman–Crippen LogP) is 5.05. The van der Waals surface area contributed by atoms with Gasteiger partial charge in [-0.15, -0.1) is 0 Å². The van der Waals surface area contributed by atoms with Crippen LogP contribution < -0.4 is 0 Å². The largest absolute Gasteiger partial charge is 0.444 e. The molecule has 0 atom stereocenters. The van der Waals surface area contributed by atoms with Gasteiger partial charge in [-0.2, -0.15) is 0 Å². The summed E-state index contributed by atoms with van der Waals surface area (Å²) < 4.78 is 8.33. The first kappa shape index (κ1) is 12.3. The lowest BCUT2D eigenvalue weighted by molar-refractivity contribution is 0.546. The van der Waals surface area contributed by atoms with Gasteiger partial charge < -0.3 is 8.98 Å². The highest BCUT2D eigenvalue weighted by atomic mass is 16.3. The third-order valence-electron chi connectivity index (χ3n) is 4.26. The van der Waals surface area contributed by atoms with Crippen molar-refractivity contribution in [3.8, 4) is 0 Å². The molecule has 0 amide bonds. The molecule has 0 saturated heterocycles. The number of para-hydroxylation sites is 1. The van der Waals surface area contributed by atoms with Crippen molar-refractivity contribution in [2.45, 2.75) is 20.4 Å². The minimum Gasteiger partial charge on any atom is -0.444 e. The molecule has 4 rings (SSSR count). The summed E-state index contributed by atoms with van der Waals surface area (Å²) in [4.78, 5) is 0. The lowest BCUT2D eigenvalue weighted by atomic mass is 10.1. The molecule has 0 aliphatic rings. The van der Waals surface area contributed by atoms with Gasteiger partial charge in [-0.05, 0) is 25.5 Å². The molecule has 2 heteroatoms. The molecule has 0 N–H and O–H groups in total. The molecule has 21 heavy (non-hydrogen) atoms. The quantitative estimate of drug-likeness (QED) is 0.500. The van der Waals surface area contributed by atoms with E-state index in [1.54, 1.807) is 0 Å². The van der Waals surface area contributed by atoms with Gasteiger partial charge in [-0.3, -0.25) is 0 Å². The summed E-state index contributed by atoms with van der Waals surface area (Å²) in [5.41, 5.74) is 4.74. The second-order valence-electron chi connectivity index (χ2n) is 5.55. The van der Waals surface area contributed by atoms with Crippen LogP contribution in [0.15, 0.2) is 59.0 Å². The first-order chi connectivity index (χ1) is 10.3. The van der Waals surface area contributed by atoms with Crippen molar-refractivity contribution in [3.63, 3.8) is 0 Å². The molecule has 2 aromatic carbocycles. The monoisotopic (exact) mass is 275 g/mol. The summed E-state index contributed by atoms with van der Waals surface area (Å²) in [6.07, 6.45) is 0. The van der Waals surface area contributed by atoms with Crippen molar-refractivity contribution in [2.24, 2.45) is 0 Å². The molecule has 0 fully saturated rings. The van der Waals surface area contributed by atoms with E-state index < -0.39 is 0 Å². The Morgan fingerprint density at radius 3 is 2.43 bits per heavy atom. The number of aromatic nitrogens is 1. The van der Waals surface area contributed by atoms with Crippen LogP contribution in [-0.2, 0) is 6.54 Å². The Hall–Kier alpha value is -2.48. The zero-order valence-corrected chi connectivity index (χ0v) is 12.3. The van der Waals surface area contributed by atoms with Gasteiger partial charge in [0.25, 0.3) is 0 Å². The Morgan fingerprint density at radius 2 is 1.62 bits per heavy atom. The van der Waals surface area contributed by atoms with Gasteiger partial charge in [0, 0.05) is 10.9 Å². The number of furan rings is 1. The number of benzene rings is 2. The summed E-state index contributed by atoms with van der Waals surface area (Å²) in [6, 6.07) is 19.1. The van der Waals surface area contributed by atoms with Crippen molar-refractivity contribution in [1.82, 2.24) is 4.57 Å². The average Bonchev–Trinajstić information content (AvgIpc) is 2.97. The number of aryl methyl sites for hydroxylation is 2. The fraction of sp³-hybridized carbons (Fsp3) is 0.158. The predicted molar refractivity (Wildman–Crippen MR) is 86.7 cm³/mol. The smallest absolute Gasteiger partial charge is 0.208 e. The maximum absolute atomic E-state index is 6.05. The van der Waals surface area contributed by atoms with Crippen LogP contribution in [0.5, 0.6) is 0 Å². The van der Waals surface area contributed by atoms with E-state index in [2.05, 4.69) is 60.0 Å². The fourth-order valence-corrected chi connectivity index (χ4v) is 3.07. The van der Waals surface area contributed by atoms with E-state index in [9.17, 15) is 0 Å². The van der Waals surface area contributed by atoms with E-state index in [4.69, 9.17) is 4.42 Å². The van der Waals surface area contributed by atoms with E-state index in [0.29, 0.717) is 0 Å². The van der Waals surface area contributed by atoms with Crippen molar-refractivity contribution in [3.05, 3.63) is 71.5 Å². The Morgan fingerprint density at radius 1 is 0.905 bits per heavy atom. The third-order valence-corrected chi connectivity index (χ3v) is 4.26. The average molecular weight is 275 g/mol. The highest BCUT2D eigenvalue weighted by Gasteiger charge is 2.17. The summed E-state index contributed by atoms with van der Waals surface area (Å²) in [5.74, 6) is 1.01. The molecule has 0 saturated carbocycles. The maximum atomic E-state index is 6.05. The second kappa shape index (κ2) is 4.52. The van der Waals surface area contributed by atoms with Gasteiger partial charge in [0.15, 0.2) is 0 Å². The Labute approximate surface area is 123 Å². The van der Waals surface area contributed by atoms with Crippen LogP contribution in [0.3, 0.4) is 0 Å². The molecule has 2 heterocycles. The second-order valence-corrected chi connectivity index (χ2v) is 5.55. The van der Waals surface area contributed by atoms with E-state index in [-0.39, 0.29) is 0 Å². The van der Waals surface area contributed by atoms with E-state index in [1.807, 2.05) is 13.0 Å². The van der Waals surface area contributed by atoms with Gasteiger partial charge in [-0.25, -0.2) is 0 Å². The van der Waals surface area contributed by atoms with E-state index in [1.165, 1.54) is 27.4 Å². The topological polar surface area (TPSA) is 18.1 Å². The summed E-state index contributed by atoms with van der Waals surface area (Å²) in [6.45, 7) is 5.01. The molecular weight excluding hydrogens is 258 g/mol. The molecule has 2 aromatic heterocycles. The SMILES string of the molecule is Cc1oc2c(c1C)c1ccccc1n2Cc1ccccc1. The van der Waals surface area contributed by atoms with E-state index in [0.717, 1.165) is 18.0 Å². The first-order valence-corrected chi connectivity index (χ1v) is 7.26. The molecule has 0 aliphatic heterocycles. The lowest BCUT2D eigenvalue weighted by Crippen LogP contribution is -1.98. The first-order valence-electron chi connectivity index (χ1n) is 7.26. The molecule has 4 aromatic rings. The Kier molecular flexibility index (Phi) is 2.64. The van der Waals surface area contributed by atoms with Gasteiger partial charge in [-0.1, -0.05) is 48.5 Å². The molecule has 104 valence electrons. The van der Waals surface area contributed by atoms with Crippen LogP contribution in [-0.4, -0.2) is 4.57 Å². The zero-order valence-electron chi connectivity index (χ0n) is 12.3. The molecule has 0 aliphatic carbocycles. The standard InChI is InChI=1S/C19H17NO/c1-13-14(2)21-19-18(13)16-10-6-7-11-17(16)20(19)12-15-8-4-3-5-9-15/h3-11H,12H2,1-2H3. The van der Waals surface area contributed by atoms with Gasteiger partial charge in [0.1, 0.15) is 5.76 Å². The van der Waals surface area contributed by atoms with Crippen molar-refractivity contribution < 1.29 is 4.42 Å². The van der Waals surface area contributed by atoms with Crippen LogP contribution in [0.1, 0.15) is 16.9 Å². The highest BCUT2D eigenvalue weighted by molar-refractivity contribution is 6.08. The van der Waals surface area contributed by atoms with E-state index >= 15 is 0 Å². The minimum atomic E-state index is 0.831.